The predicted octanol–water partition coefficient (Wildman–Crippen LogP) is 6.19. The fraction of sp³-hybridized carbons (Fsp3) is 0.222. The van der Waals surface area contributed by atoms with Crippen LogP contribution >= 0.6 is 0 Å². The number of primary amides is 1. The van der Waals surface area contributed by atoms with Crippen molar-refractivity contribution in [3.8, 4) is 17.0 Å². The van der Waals surface area contributed by atoms with Crippen LogP contribution in [0, 0.1) is 15.9 Å². The monoisotopic (exact) mass is 572 g/mol. The summed E-state index contributed by atoms with van der Waals surface area (Å²) in [6.45, 7) is 5.10. The number of carbonyl (C=O) groups excluding carboxylic acids is 1. The van der Waals surface area contributed by atoms with E-state index >= 15 is 0 Å². The normalized spacial score (nSPS) is 11.8. The van der Waals surface area contributed by atoms with E-state index in [0.29, 0.717) is 5.56 Å². The zero-order chi connectivity index (χ0) is 30.1. The summed E-state index contributed by atoms with van der Waals surface area (Å²) in [7, 11) is 0. The van der Waals surface area contributed by atoms with Gasteiger partial charge in [-0.15, -0.1) is 0 Å². The smallest absolute Gasteiger partial charge is 0.433 e. The number of hydrogen-bond donors (Lipinski definition) is 2. The molecule has 0 saturated heterocycles. The molecule has 0 aliphatic carbocycles. The van der Waals surface area contributed by atoms with Crippen LogP contribution in [0.3, 0.4) is 0 Å². The largest absolute Gasteiger partial charge is 0.482 e. The van der Waals surface area contributed by atoms with E-state index in [9.17, 15) is 32.5 Å². The summed E-state index contributed by atoms with van der Waals surface area (Å²) in [4.78, 5) is 27.4. The van der Waals surface area contributed by atoms with E-state index in [1.807, 2.05) is 0 Å². The Bertz CT molecular complexity index is 1610. The molecular formula is C27H24F4N6O4. The van der Waals surface area contributed by atoms with E-state index in [1.54, 1.807) is 20.8 Å². The van der Waals surface area contributed by atoms with Crippen LogP contribution < -0.4 is 15.8 Å². The molecule has 0 aliphatic rings. The number of nitrogens with one attached hydrogen (secondary N) is 1. The highest BCUT2D eigenvalue weighted by Crippen LogP contribution is 2.38. The molecule has 214 valence electrons. The Kier molecular flexibility index (Phi) is 7.68. The molecule has 1 amide bonds. The van der Waals surface area contributed by atoms with E-state index in [-0.39, 0.29) is 46.5 Å². The van der Waals surface area contributed by atoms with Crippen molar-refractivity contribution in [3.63, 3.8) is 0 Å². The summed E-state index contributed by atoms with van der Waals surface area (Å²) >= 11 is 0. The minimum Gasteiger partial charge on any atom is -0.482 e. The van der Waals surface area contributed by atoms with Gasteiger partial charge < -0.3 is 15.8 Å². The first kappa shape index (κ1) is 29.0. The van der Waals surface area contributed by atoms with E-state index in [4.69, 9.17) is 10.5 Å². The number of amides is 1. The second kappa shape index (κ2) is 10.9. The molecule has 0 atom stereocenters. The van der Waals surface area contributed by atoms with Crippen molar-refractivity contribution in [2.75, 3.05) is 5.32 Å². The van der Waals surface area contributed by atoms with Crippen molar-refractivity contribution < 1.29 is 32.0 Å². The lowest BCUT2D eigenvalue weighted by Crippen LogP contribution is -2.25. The average molecular weight is 573 g/mol. The van der Waals surface area contributed by atoms with Crippen molar-refractivity contribution in [1.29, 1.82) is 0 Å². The van der Waals surface area contributed by atoms with Gasteiger partial charge in [-0.3, -0.25) is 14.9 Å². The summed E-state index contributed by atoms with van der Waals surface area (Å²) in [5.41, 5.74) is 3.96. The van der Waals surface area contributed by atoms with Crippen molar-refractivity contribution >= 4 is 23.2 Å². The molecule has 0 bridgehead atoms. The zero-order valence-electron chi connectivity index (χ0n) is 22.0. The average Bonchev–Trinajstić information content (AvgIpc) is 3.28. The molecule has 41 heavy (non-hydrogen) atoms. The number of nitrogens with zero attached hydrogens (tertiary/aromatic N) is 4. The number of nitro groups is 1. The molecule has 3 N–H and O–H groups in total. The molecule has 4 rings (SSSR count). The topological polar surface area (TPSA) is 138 Å². The van der Waals surface area contributed by atoms with Gasteiger partial charge in [-0.25, -0.2) is 14.1 Å². The van der Waals surface area contributed by atoms with Crippen molar-refractivity contribution in [2.24, 2.45) is 5.73 Å². The molecule has 10 nitrogen and oxygen atoms in total. The van der Waals surface area contributed by atoms with E-state index in [0.717, 1.165) is 18.2 Å². The number of carbonyl (C=O) groups is 1. The molecule has 0 saturated carbocycles. The number of aromatic nitrogens is 3. The number of alkyl halides is 3. The van der Waals surface area contributed by atoms with Gasteiger partial charge in [0.15, 0.2) is 5.75 Å². The molecule has 4 aromatic rings. The Morgan fingerprint density at radius 3 is 2.37 bits per heavy atom. The van der Waals surface area contributed by atoms with Gasteiger partial charge in [-0.05, 0) is 62.7 Å². The first-order valence-corrected chi connectivity index (χ1v) is 12.1. The molecule has 0 unspecified atom stereocenters. The number of rotatable bonds is 8. The van der Waals surface area contributed by atoms with Crippen LogP contribution in [-0.4, -0.2) is 25.6 Å². The van der Waals surface area contributed by atoms with Gasteiger partial charge in [0.1, 0.15) is 41.0 Å². The Morgan fingerprint density at radius 1 is 1.10 bits per heavy atom. The molecule has 2 heterocycles. The summed E-state index contributed by atoms with van der Waals surface area (Å²) in [5.74, 6) is -1.83. The molecule has 2 aromatic carbocycles. The number of ether oxygens (including phenoxy) is 1. The maximum Gasteiger partial charge on any atom is 0.433 e. The quantitative estimate of drug-likeness (QED) is 0.146. The van der Waals surface area contributed by atoms with Crippen molar-refractivity contribution in [3.05, 3.63) is 93.4 Å². The minimum atomic E-state index is -4.71. The standard InChI is InChI=1S/C27H24F4N6O4/c1-26(2,3)36-25(34-21-6-4-5-20(33-21)27(29,30)31)22(24(32)38)23(35-36)16-9-12-18(37(39)40)19(13-16)41-14-15-7-10-17(28)11-8-15/h4-13H,14H2,1-3H3,(H2,32,38)(H,33,34). The number of benzene rings is 2. The second-order valence-corrected chi connectivity index (χ2v) is 9.90. The van der Waals surface area contributed by atoms with Gasteiger partial charge in [0.05, 0.1) is 10.5 Å². The lowest BCUT2D eigenvalue weighted by atomic mass is 10.1. The minimum absolute atomic E-state index is 0.00318. The van der Waals surface area contributed by atoms with Crippen molar-refractivity contribution in [2.45, 2.75) is 39.1 Å². The first-order chi connectivity index (χ1) is 19.1. The Morgan fingerprint density at radius 2 is 1.78 bits per heavy atom. The maximum atomic E-state index is 13.3. The van der Waals surface area contributed by atoms with Gasteiger partial charge in [-0.2, -0.15) is 18.3 Å². The van der Waals surface area contributed by atoms with Crippen LogP contribution in [0.25, 0.3) is 11.3 Å². The third-order valence-electron chi connectivity index (χ3n) is 5.79. The highest BCUT2D eigenvalue weighted by molar-refractivity contribution is 6.04. The van der Waals surface area contributed by atoms with Gasteiger partial charge in [0.25, 0.3) is 5.91 Å². The Hall–Kier alpha value is -5.01. The molecule has 0 aliphatic heterocycles. The lowest BCUT2D eigenvalue weighted by molar-refractivity contribution is -0.385. The summed E-state index contributed by atoms with van der Waals surface area (Å²) in [6, 6.07) is 12.4. The zero-order valence-corrected chi connectivity index (χ0v) is 22.0. The molecule has 2 aromatic heterocycles. The van der Waals surface area contributed by atoms with Gasteiger partial charge in [0.2, 0.25) is 0 Å². The van der Waals surface area contributed by atoms with Crippen LogP contribution in [0.2, 0.25) is 0 Å². The second-order valence-electron chi connectivity index (χ2n) is 9.90. The van der Waals surface area contributed by atoms with Gasteiger partial charge >= 0.3 is 11.9 Å². The third kappa shape index (κ3) is 6.42. The van der Waals surface area contributed by atoms with Crippen LogP contribution in [0.5, 0.6) is 5.75 Å². The van der Waals surface area contributed by atoms with Crippen LogP contribution in [0.15, 0.2) is 60.7 Å². The summed E-state index contributed by atoms with van der Waals surface area (Å²) < 4.78 is 60.1. The number of hydrogen-bond acceptors (Lipinski definition) is 7. The molecule has 0 spiro atoms. The highest BCUT2D eigenvalue weighted by atomic mass is 19.4. The third-order valence-corrected chi connectivity index (χ3v) is 5.79. The van der Waals surface area contributed by atoms with Crippen LogP contribution in [0.4, 0.5) is 34.9 Å². The van der Waals surface area contributed by atoms with E-state index in [1.165, 1.54) is 47.1 Å². The predicted molar refractivity (Wildman–Crippen MR) is 141 cm³/mol. The lowest BCUT2D eigenvalue weighted by Gasteiger charge is -2.23. The maximum absolute atomic E-state index is 13.3. The number of nitro benzene ring substituents is 1. The van der Waals surface area contributed by atoms with Crippen LogP contribution in [0.1, 0.15) is 42.4 Å². The Balaban J connectivity index is 1.83. The molecular weight excluding hydrogens is 548 g/mol. The Labute approximate surface area is 230 Å². The molecule has 14 heteroatoms. The van der Waals surface area contributed by atoms with E-state index in [2.05, 4.69) is 15.4 Å². The summed E-state index contributed by atoms with van der Waals surface area (Å²) in [6.07, 6.45) is -4.71. The number of nitrogens with two attached hydrogens (primary N) is 1. The van der Waals surface area contributed by atoms with Gasteiger partial charge in [0, 0.05) is 11.6 Å². The fourth-order valence-corrected chi connectivity index (χ4v) is 3.91. The fourth-order valence-electron chi connectivity index (χ4n) is 3.91. The number of anilines is 2. The summed E-state index contributed by atoms with van der Waals surface area (Å²) in [5, 5.41) is 18.9. The van der Waals surface area contributed by atoms with Gasteiger partial charge in [-0.1, -0.05) is 18.2 Å². The molecule has 0 radical (unpaired) electrons. The highest BCUT2D eigenvalue weighted by Gasteiger charge is 2.34. The first-order valence-electron chi connectivity index (χ1n) is 12.1. The SMILES string of the molecule is CC(C)(C)n1nc(-c2ccc([N+](=O)[O-])c(OCc3ccc(F)cc3)c2)c(C(N)=O)c1Nc1cccc(C(F)(F)F)n1. The number of halogens is 4. The van der Waals surface area contributed by atoms with E-state index < -0.39 is 34.1 Å². The molecule has 0 fully saturated rings. The number of pyridine rings is 1. The van der Waals surface area contributed by atoms with Crippen LogP contribution in [-0.2, 0) is 18.3 Å². The van der Waals surface area contributed by atoms with Crippen molar-refractivity contribution in [1.82, 2.24) is 14.8 Å².